The van der Waals surface area contributed by atoms with E-state index in [-0.39, 0.29) is 5.38 Å². The van der Waals surface area contributed by atoms with Gasteiger partial charge in [-0.25, -0.2) is 4.98 Å². The zero-order chi connectivity index (χ0) is 15.1. The van der Waals surface area contributed by atoms with E-state index < -0.39 is 0 Å². The molecule has 6 heteroatoms. The highest BCUT2D eigenvalue weighted by atomic mass is 79.9. The Morgan fingerprint density at radius 2 is 2.14 bits per heavy atom. The van der Waals surface area contributed by atoms with Crippen LogP contribution in [0.4, 0.5) is 0 Å². The van der Waals surface area contributed by atoms with E-state index in [1.54, 1.807) is 0 Å². The summed E-state index contributed by atoms with van der Waals surface area (Å²) >= 11 is 9.79. The van der Waals surface area contributed by atoms with Crippen LogP contribution in [0.15, 0.2) is 27.2 Å². The molecule has 4 nitrogen and oxygen atoms in total. The summed E-state index contributed by atoms with van der Waals surface area (Å²) in [6, 6.07) is 6.06. The van der Waals surface area contributed by atoms with Gasteiger partial charge in [-0.05, 0) is 39.0 Å². The van der Waals surface area contributed by atoms with Crippen LogP contribution in [-0.2, 0) is 6.54 Å². The lowest BCUT2D eigenvalue weighted by molar-refractivity contribution is 0.392. The Morgan fingerprint density at radius 1 is 1.38 bits per heavy atom. The van der Waals surface area contributed by atoms with Crippen LogP contribution in [-0.4, -0.2) is 14.7 Å². The summed E-state index contributed by atoms with van der Waals surface area (Å²) in [6.07, 6.45) is 0. The molecule has 1 unspecified atom stereocenters. The Balaban J connectivity index is 2.18. The average Bonchev–Trinajstić information content (AvgIpc) is 2.94. The molecule has 2 heterocycles. The Labute approximate surface area is 136 Å². The fourth-order valence-electron chi connectivity index (χ4n) is 2.48. The summed E-state index contributed by atoms with van der Waals surface area (Å²) in [6.45, 7) is 6.47. The Hall–Kier alpha value is -1.33. The predicted octanol–water partition coefficient (Wildman–Crippen LogP) is 4.75. The molecule has 0 amide bonds. The van der Waals surface area contributed by atoms with Crippen molar-refractivity contribution in [3.8, 4) is 0 Å². The van der Waals surface area contributed by atoms with Crippen LogP contribution in [0.25, 0.3) is 11.0 Å². The second-order valence-electron chi connectivity index (χ2n) is 5.11. The summed E-state index contributed by atoms with van der Waals surface area (Å²) in [4.78, 5) is 4.66. The van der Waals surface area contributed by atoms with Crippen molar-refractivity contribution >= 4 is 38.6 Å². The molecule has 0 bridgehead atoms. The maximum absolute atomic E-state index is 6.31. The van der Waals surface area contributed by atoms with Crippen molar-refractivity contribution in [1.82, 2.24) is 14.7 Å². The molecule has 0 radical (unpaired) electrons. The van der Waals surface area contributed by atoms with Gasteiger partial charge >= 0.3 is 0 Å². The number of fused-ring (bicyclic) bond motifs is 1. The van der Waals surface area contributed by atoms with E-state index in [4.69, 9.17) is 16.1 Å². The second kappa shape index (κ2) is 5.46. The van der Waals surface area contributed by atoms with E-state index in [0.29, 0.717) is 6.54 Å². The first kappa shape index (κ1) is 14.6. The molecule has 1 aromatic carbocycles. The largest absolute Gasteiger partial charge is 0.361 e. The highest BCUT2D eigenvalue weighted by Gasteiger charge is 2.18. The van der Waals surface area contributed by atoms with E-state index >= 15 is 0 Å². The predicted molar refractivity (Wildman–Crippen MR) is 86.8 cm³/mol. The molecule has 110 valence electrons. The number of hydrogen-bond acceptors (Lipinski definition) is 3. The van der Waals surface area contributed by atoms with Gasteiger partial charge < -0.3 is 9.09 Å². The van der Waals surface area contributed by atoms with E-state index in [9.17, 15) is 0 Å². The Morgan fingerprint density at radius 3 is 2.76 bits per heavy atom. The summed E-state index contributed by atoms with van der Waals surface area (Å²) in [5.41, 5.74) is 3.97. The molecule has 0 saturated heterocycles. The van der Waals surface area contributed by atoms with Gasteiger partial charge in [-0.15, -0.1) is 11.6 Å². The minimum absolute atomic E-state index is 0.170. The van der Waals surface area contributed by atoms with Crippen LogP contribution in [0, 0.1) is 13.8 Å². The smallest absolute Gasteiger partial charge is 0.138 e. The number of aromatic nitrogens is 3. The quantitative estimate of drug-likeness (QED) is 0.626. The molecule has 0 fully saturated rings. The highest BCUT2D eigenvalue weighted by molar-refractivity contribution is 9.10. The fourth-order valence-corrected chi connectivity index (χ4v) is 2.99. The van der Waals surface area contributed by atoms with Crippen molar-refractivity contribution in [3.05, 3.63) is 45.5 Å². The number of benzene rings is 1. The molecule has 0 aliphatic rings. The Bertz CT molecular complexity index is 787. The summed E-state index contributed by atoms with van der Waals surface area (Å²) in [5.74, 6) is 1.68. The summed E-state index contributed by atoms with van der Waals surface area (Å²) < 4.78 is 8.39. The lowest BCUT2D eigenvalue weighted by Gasteiger charge is -2.10. The molecular weight excluding hydrogens is 354 g/mol. The molecular formula is C15H15BrClN3O. The summed E-state index contributed by atoms with van der Waals surface area (Å²) in [5, 5.41) is 3.85. The van der Waals surface area contributed by atoms with Crippen LogP contribution in [0.1, 0.15) is 35.1 Å². The van der Waals surface area contributed by atoms with Gasteiger partial charge in [0.05, 0.1) is 28.6 Å². The van der Waals surface area contributed by atoms with Crippen LogP contribution in [0.5, 0.6) is 0 Å². The standard InChI is InChI=1S/C15H15BrClN3O/c1-8(17)15-18-13-6-11(16)4-5-14(13)20(15)7-12-9(2)19-21-10(12)3/h4-6,8H,7H2,1-3H3. The van der Waals surface area contributed by atoms with Crippen molar-refractivity contribution in [2.75, 3.05) is 0 Å². The molecule has 2 aromatic heterocycles. The number of aryl methyl sites for hydroxylation is 2. The molecule has 3 rings (SSSR count). The third-order valence-electron chi connectivity index (χ3n) is 3.59. The number of nitrogens with zero attached hydrogens (tertiary/aromatic N) is 3. The fraction of sp³-hybridized carbons (Fsp3) is 0.333. The third-order valence-corrected chi connectivity index (χ3v) is 4.28. The molecule has 21 heavy (non-hydrogen) atoms. The molecule has 0 aliphatic carbocycles. The molecule has 3 aromatic rings. The second-order valence-corrected chi connectivity index (χ2v) is 6.68. The highest BCUT2D eigenvalue weighted by Crippen LogP contribution is 2.28. The molecule has 0 spiro atoms. The van der Waals surface area contributed by atoms with Gasteiger partial charge in [0.25, 0.3) is 0 Å². The first-order valence-corrected chi connectivity index (χ1v) is 7.92. The lowest BCUT2D eigenvalue weighted by Crippen LogP contribution is -2.07. The lowest BCUT2D eigenvalue weighted by atomic mass is 10.2. The van der Waals surface area contributed by atoms with Gasteiger partial charge in [0.2, 0.25) is 0 Å². The molecule has 1 atom stereocenters. The summed E-state index contributed by atoms with van der Waals surface area (Å²) in [7, 11) is 0. The van der Waals surface area contributed by atoms with Gasteiger partial charge in [-0.3, -0.25) is 0 Å². The van der Waals surface area contributed by atoms with Crippen molar-refractivity contribution in [2.45, 2.75) is 32.7 Å². The first-order valence-electron chi connectivity index (χ1n) is 6.69. The van der Waals surface area contributed by atoms with Crippen LogP contribution < -0.4 is 0 Å². The minimum Gasteiger partial charge on any atom is -0.361 e. The van der Waals surface area contributed by atoms with E-state index in [0.717, 1.165) is 38.3 Å². The van der Waals surface area contributed by atoms with Gasteiger partial charge in [0.15, 0.2) is 0 Å². The SMILES string of the molecule is Cc1noc(C)c1Cn1c(C(C)Cl)nc2cc(Br)ccc21. The number of halogens is 2. The van der Waals surface area contributed by atoms with Gasteiger partial charge in [-0.1, -0.05) is 21.1 Å². The molecule has 0 aliphatic heterocycles. The van der Waals surface area contributed by atoms with Gasteiger partial charge in [-0.2, -0.15) is 0 Å². The number of imidazole rings is 1. The zero-order valence-electron chi connectivity index (χ0n) is 12.0. The topological polar surface area (TPSA) is 43.9 Å². The van der Waals surface area contributed by atoms with E-state index in [1.165, 1.54) is 0 Å². The van der Waals surface area contributed by atoms with E-state index in [2.05, 4.69) is 30.6 Å². The minimum atomic E-state index is -0.170. The van der Waals surface area contributed by atoms with Gasteiger partial charge in [0, 0.05) is 10.0 Å². The normalized spacial score (nSPS) is 13.0. The average molecular weight is 369 g/mol. The van der Waals surface area contributed by atoms with E-state index in [1.807, 2.05) is 39.0 Å². The maximum Gasteiger partial charge on any atom is 0.138 e. The van der Waals surface area contributed by atoms with Crippen molar-refractivity contribution in [1.29, 1.82) is 0 Å². The third kappa shape index (κ3) is 2.60. The number of rotatable bonds is 3. The number of hydrogen-bond donors (Lipinski definition) is 0. The van der Waals surface area contributed by atoms with Crippen molar-refractivity contribution in [2.24, 2.45) is 0 Å². The zero-order valence-corrected chi connectivity index (χ0v) is 14.4. The molecule has 0 N–H and O–H groups in total. The number of alkyl halides is 1. The van der Waals surface area contributed by atoms with Crippen molar-refractivity contribution < 1.29 is 4.52 Å². The molecule has 0 saturated carbocycles. The van der Waals surface area contributed by atoms with Gasteiger partial charge in [0.1, 0.15) is 11.6 Å². The van der Waals surface area contributed by atoms with Crippen LogP contribution in [0.2, 0.25) is 0 Å². The van der Waals surface area contributed by atoms with Crippen LogP contribution >= 0.6 is 27.5 Å². The maximum atomic E-state index is 6.31. The Kier molecular flexibility index (Phi) is 3.80. The first-order chi connectivity index (χ1) is 9.97. The monoisotopic (exact) mass is 367 g/mol. The van der Waals surface area contributed by atoms with Crippen molar-refractivity contribution in [3.63, 3.8) is 0 Å². The van der Waals surface area contributed by atoms with Crippen LogP contribution in [0.3, 0.4) is 0 Å².